The zero-order valence-electron chi connectivity index (χ0n) is 18.7. The van der Waals surface area contributed by atoms with Gasteiger partial charge in [-0.3, -0.25) is 0 Å². The van der Waals surface area contributed by atoms with Crippen molar-refractivity contribution in [2.75, 3.05) is 0 Å². The van der Waals surface area contributed by atoms with Crippen molar-refractivity contribution >= 4 is 31.0 Å². The molecule has 1 N–H and O–H groups in total. The highest BCUT2D eigenvalue weighted by Gasteiger charge is 2.51. The van der Waals surface area contributed by atoms with Crippen LogP contribution in [0.1, 0.15) is 50.9 Å². The maximum absolute atomic E-state index is 13.0. The van der Waals surface area contributed by atoms with Gasteiger partial charge in [0, 0.05) is 23.2 Å². The summed E-state index contributed by atoms with van der Waals surface area (Å²) in [6.45, 7) is 6.76. The lowest BCUT2D eigenvalue weighted by atomic mass is 9.79. The molecule has 1 aliphatic rings. The first-order chi connectivity index (χ1) is 15.8. The molecule has 1 heterocycles. The molecular weight excluding hydrogens is 528 g/mol. The Balaban J connectivity index is 2.40. The average Bonchev–Trinajstić information content (AvgIpc) is 2.68. The largest absolute Gasteiger partial charge is 0.534 e. The molecule has 2 aromatic carbocycles. The Kier molecular flexibility index (Phi) is 6.79. The molecule has 35 heavy (non-hydrogen) atoms. The number of alkyl halides is 6. The Morgan fingerprint density at radius 1 is 0.714 bits per heavy atom. The molecule has 196 valence electrons. The zero-order valence-corrected chi connectivity index (χ0v) is 20.3. The molecule has 0 spiro atoms. The molecule has 0 aliphatic carbocycles. The van der Waals surface area contributed by atoms with E-state index in [0.29, 0.717) is 5.39 Å². The van der Waals surface area contributed by atoms with Crippen molar-refractivity contribution in [2.24, 2.45) is 11.8 Å². The summed E-state index contributed by atoms with van der Waals surface area (Å²) in [7, 11) is -12.2. The molecule has 0 saturated carbocycles. The third-order valence-corrected chi connectivity index (χ3v) is 7.40. The van der Waals surface area contributed by atoms with Gasteiger partial charge < -0.3 is 13.7 Å². The van der Waals surface area contributed by atoms with E-state index in [9.17, 15) is 43.2 Å². The second-order valence-electron chi connectivity index (χ2n) is 8.63. The number of nitrogens with one attached hydrogen (secondary N) is 1. The fourth-order valence-corrected chi connectivity index (χ4v) is 4.89. The molecule has 0 amide bonds. The number of hydrogen-bond donors (Lipinski definition) is 1. The van der Waals surface area contributed by atoms with Crippen molar-refractivity contribution in [3.8, 4) is 11.5 Å². The quantitative estimate of drug-likeness (QED) is 0.297. The lowest BCUT2D eigenvalue weighted by molar-refractivity contribution is -0.0504. The fourth-order valence-electron chi connectivity index (χ4n) is 3.94. The van der Waals surface area contributed by atoms with E-state index in [1.807, 2.05) is 0 Å². The summed E-state index contributed by atoms with van der Waals surface area (Å²) in [5.74, 6) is -2.09. The van der Waals surface area contributed by atoms with E-state index in [4.69, 9.17) is 0 Å². The predicted molar refractivity (Wildman–Crippen MR) is 113 cm³/mol. The molecule has 7 nitrogen and oxygen atoms in total. The monoisotopic (exact) mass is 549 g/mol. The van der Waals surface area contributed by atoms with E-state index in [1.165, 1.54) is 12.1 Å². The van der Waals surface area contributed by atoms with Crippen molar-refractivity contribution in [1.82, 2.24) is 5.32 Å². The molecule has 0 radical (unpaired) electrons. The van der Waals surface area contributed by atoms with Gasteiger partial charge in [0.25, 0.3) is 0 Å². The van der Waals surface area contributed by atoms with E-state index in [1.54, 1.807) is 27.7 Å². The SMILES string of the molecule is CC(C)C1NC(C(C)C)c2c(OS(=O)(=O)C(F)(F)F)ccc3ccc(OS(=O)(=O)C(F)(F)F)c1c23. The van der Waals surface area contributed by atoms with Crippen LogP contribution in [0.2, 0.25) is 0 Å². The molecule has 0 saturated heterocycles. The van der Waals surface area contributed by atoms with Gasteiger partial charge in [-0.2, -0.15) is 43.2 Å². The first kappa shape index (κ1) is 27.3. The van der Waals surface area contributed by atoms with Gasteiger partial charge in [-0.05, 0) is 34.7 Å². The summed E-state index contributed by atoms with van der Waals surface area (Å²) in [5.41, 5.74) is -11.6. The fraction of sp³-hybridized carbons (Fsp3) is 0.500. The van der Waals surface area contributed by atoms with Crippen LogP contribution in [0.15, 0.2) is 24.3 Å². The van der Waals surface area contributed by atoms with E-state index in [2.05, 4.69) is 13.7 Å². The van der Waals surface area contributed by atoms with Gasteiger partial charge in [-0.15, -0.1) is 0 Å². The molecule has 0 fully saturated rings. The molecule has 1 aliphatic heterocycles. The molecule has 0 aromatic heterocycles. The van der Waals surface area contributed by atoms with Crippen molar-refractivity contribution in [3.63, 3.8) is 0 Å². The van der Waals surface area contributed by atoms with Crippen molar-refractivity contribution in [3.05, 3.63) is 35.4 Å². The van der Waals surface area contributed by atoms with E-state index >= 15 is 0 Å². The molecule has 15 heteroatoms. The minimum atomic E-state index is -6.08. The molecule has 2 unspecified atom stereocenters. The van der Waals surface area contributed by atoms with Gasteiger partial charge in [0.2, 0.25) is 0 Å². The highest BCUT2D eigenvalue weighted by molar-refractivity contribution is 7.88. The summed E-state index contributed by atoms with van der Waals surface area (Å²) < 4.78 is 134. The Morgan fingerprint density at radius 3 is 1.34 bits per heavy atom. The van der Waals surface area contributed by atoms with Crippen molar-refractivity contribution < 1.29 is 51.5 Å². The number of hydrogen-bond acceptors (Lipinski definition) is 7. The Labute approximate surface area is 197 Å². The van der Waals surface area contributed by atoms with E-state index in [0.717, 1.165) is 12.1 Å². The van der Waals surface area contributed by atoms with Crippen LogP contribution in [0, 0.1) is 11.8 Å². The van der Waals surface area contributed by atoms with Crippen LogP contribution in [0.25, 0.3) is 10.8 Å². The average molecular weight is 550 g/mol. The Hall–Kier alpha value is -2.26. The maximum atomic E-state index is 13.0. The van der Waals surface area contributed by atoms with Gasteiger partial charge in [0.15, 0.2) is 0 Å². The molecular formula is C20H21F6NO6S2. The van der Waals surface area contributed by atoms with E-state index in [-0.39, 0.29) is 28.3 Å². The van der Waals surface area contributed by atoms with Crippen LogP contribution in [-0.2, 0) is 20.2 Å². The van der Waals surface area contributed by atoms with Crippen LogP contribution < -0.4 is 13.7 Å². The van der Waals surface area contributed by atoms with Gasteiger partial charge in [-0.1, -0.05) is 39.8 Å². The number of rotatable bonds is 6. The third-order valence-electron chi connectivity index (χ3n) is 5.47. The minimum Gasteiger partial charge on any atom is -0.376 e. The van der Waals surface area contributed by atoms with Crippen molar-refractivity contribution in [2.45, 2.75) is 50.8 Å². The van der Waals surface area contributed by atoms with Crippen LogP contribution in [0.3, 0.4) is 0 Å². The van der Waals surface area contributed by atoms with Gasteiger partial charge in [0.05, 0.1) is 0 Å². The van der Waals surface area contributed by atoms with Gasteiger partial charge >= 0.3 is 31.3 Å². The lowest BCUT2D eigenvalue weighted by Crippen LogP contribution is -2.38. The maximum Gasteiger partial charge on any atom is 0.534 e. The third kappa shape index (κ3) is 4.89. The Bertz CT molecular complexity index is 1250. The molecule has 2 atom stereocenters. The van der Waals surface area contributed by atoms with E-state index < -0.39 is 54.8 Å². The second-order valence-corrected chi connectivity index (χ2v) is 11.7. The van der Waals surface area contributed by atoms with Crippen molar-refractivity contribution in [1.29, 1.82) is 0 Å². The van der Waals surface area contributed by atoms with Gasteiger partial charge in [0.1, 0.15) is 11.5 Å². The molecule has 0 bridgehead atoms. The van der Waals surface area contributed by atoms with Gasteiger partial charge in [-0.25, -0.2) is 0 Å². The summed E-state index contributed by atoms with van der Waals surface area (Å²) in [5, 5.41) is 3.44. The minimum absolute atomic E-state index is 0.0471. The van der Waals surface area contributed by atoms with Crippen LogP contribution in [0.4, 0.5) is 26.3 Å². The highest BCUT2D eigenvalue weighted by Crippen LogP contribution is 2.50. The zero-order chi connectivity index (χ0) is 26.7. The smallest absolute Gasteiger partial charge is 0.376 e. The lowest BCUT2D eigenvalue weighted by Gasteiger charge is -2.39. The number of benzene rings is 2. The topological polar surface area (TPSA) is 98.8 Å². The van der Waals surface area contributed by atoms with Crippen LogP contribution in [-0.4, -0.2) is 27.9 Å². The summed E-state index contributed by atoms with van der Waals surface area (Å²) in [6.07, 6.45) is 0. The first-order valence-electron chi connectivity index (χ1n) is 10.2. The predicted octanol–water partition coefficient (Wildman–Crippen LogP) is 5.29. The number of halogens is 6. The first-order valence-corrected chi connectivity index (χ1v) is 13.0. The Morgan fingerprint density at radius 2 is 1.06 bits per heavy atom. The van der Waals surface area contributed by atoms with Crippen LogP contribution in [0.5, 0.6) is 11.5 Å². The summed E-state index contributed by atoms with van der Waals surface area (Å²) in [4.78, 5) is 0. The second kappa shape index (κ2) is 8.69. The standard InChI is InChI=1S/C20H21F6NO6S2/c1-9(2)17-15-12(32-34(28,29)19(21,22)23)7-5-11-6-8-13(33-35(30,31)20(24,25)26)16(14(11)15)18(27-17)10(3)4/h5-10,17-18,27H,1-4H3. The summed E-state index contributed by atoms with van der Waals surface area (Å²) >= 11 is 0. The summed E-state index contributed by atoms with van der Waals surface area (Å²) in [6, 6.07) is 2.87. The normalized spacial score (nSPS) is 19.4. The highest BCUT2D eigenvalue weighted by atomic mass is 32.2. The molecule has 3 rings (SSSR count). The molecule has 2 aromatic rings. The van der Waals surface area contributed by atoms with Crippen LogP contribution >= 0.6 is 0 Å².